The topological polar surface area (TPSA) is 86.8 Å². The minimum Gasteiger partial charge on any atom is -0.619 e. The third-order valence-electron chi connectivity index (χ3n) is 4.27. The van der Waals surface area contributed by atoms with E-state index < -0.39 is 0 Å². The Bertz CT molecular complexity index is 1080. The first-order chi connectivity index (χ1) is 13.7. The molecule has 4 aromatic rings. The number of amides is 1. The van der Waals surface area contributed by atoms with E-state index in [4.69, 9.17) is 5.10 Å². The van der Waals surface area contributed by atoms with E-state index in [1.165, 1.54) is 24.5 Å². The van der Waals surface area contributed by atoms with Gasteiger partial charge >= 0.3 is 0 Å². The molecular formula is C21H17N5O2. The highest BCUT2D eigenvalue weighted by molar-refractivity contribution is 5.93. The summed E-state index contributed by atoms with van der Waals surface area (Å²) in [4.78, 5) is 16.4. The van der Waals surface area contributed by atoms with E-state index >= 15 is 0 Å². The lowest BCUT2D eigenvalue weighted by Crippen LogP contribution is -2.27. The zero-order valence-corrected chi connectivity index (χ0v) is 14.9. The Labute approximate surface area is 161 Å². The number of rotatable bonds is 5. The van der Waals surface area contributed by atoms with Gasteiger partial charge in [-0.2, -0.15) is 9.83 Å². The Morgan fingerprint density at radius 2 is 1.75 bits per heavy atom. The first kappa shape index (κ1) is 17.4. The van der Waals surface area contributed by atoms with Gasteiger partial charge in [-0.25, -0.2) is 4.68 Å². The fourth-order valence-corrected chi connectivity index (χ4v) is 2.85. The van der Waals surface area contributed by atoms with E-state index in [-0.39, 0.29) is 5.91 Å². The SMILES string of the molecule is O=C(NCc1cn(-c2ccccc2)nc1-c1ccncc1)c1cc[n+]([O-])cc1. The summed E-state index contributed by atoms with van der Waals surface area (Å²) in [6.45, 7) is 0.301. The summed E-state index contributed by atoms with van der Waals surface area (Å²) in [7, 11) is 0. The number of hydrogen-bond acceptors (Lipinski definition) is 4. The first-order valence-electron chi connectivity index (χ1n) is 8.72. The molecule has 7 heteroatoms. The average molecular weight is 371 g/mol. The van der Waals surface area contributed by atoms with Gasteiger partial charge in [-0.1, -0.05) is 18.2 Å². The van der Waals surface area contributed by atoms with Gasteiger partial charge in [-0.15, -0.1) is 0 Å². The number of para-hydroxylation sites is 1. The van der Waals surface area contributed by atoms with E-state index in [9.17, 15) is 10.0 Å². The molecule has 0 aliphatic rings. The molecular weight excluding hydrogens is 354 g/mol. The highest BCUT2D eigenvalue weighted by atomic mass is 16.5. The molecule has 1 N–H and O–H groups in total. The van der Waals surface area contributed by atoms with Gasteiger partial charge in [-0.3, -0.25) is 9.78 Å². The van der Waals surface area contributed by atoms with Gasteiger partial charge in [0.05, 0.1) is 16.9 Å². The van der Waals surface area contributed by atoms with Crippen molar-refractivity contribution in [1.29, 1.82) is 0 Å². The molecule has 3 aromatic heterocycles. The predicted octanol–water partition coefficient (Wildman–Crippen LogP) is 2.50. The van der Waals surface area contributed by atoms with Crippen molar-refractivity contribution in [2.24, 2.45) is 0 Å². The maximum atomic E-state index is 12.4. The van der Waals surface area contributed by atoms with Gasteiger partial charge in [-0.05, 0) is 24.3 Å². The fourth-order valence-electron chi connectivity index (χ4n) is 2.85. The highest BCUT2D eigenvalue weighted by Gasteiger charge is 2.14. The molecule has 0 atom stereocenters. The van der Waals surface area contributed by atoms with Gasteiger partial charge in [0.2, 0.25) is 0 Å². The molecule has 7 nitrogen and oxygen atoms in total. The number of nitrogens with zero attached hydrogens (tertiary/aromatic N) is 4. The van der Waals surface area contributed by atoms with Gasteiger partial charge in [0.1, 0.15) is 0 Å². The number of pyridine rings is 2. The number of benzene rings is 1. The quantitative estimate of drug-likeness (QED) is 0.431. The van der Waals surface area contributed by atoms with Crippen LogP contribution in [0.1, 0.15) is 15.9 Å². The van der Waals surface area contributed by atoms with Crippen LogP contribution >= 0.6 is 0 Å². The largest absolute Gasteiger partial charge is 0.619 e. The van der Waals surface area contributed by atoms with Crippen molar-refractivity contribution in [2.45, 2.75) is 6.54 Å². The number of carbonyl (C=O) groups excluding carboxylic acids is 1. The van der Waals surface area contributed by atoms with Crippen molar-refractivity contribution in [3.05, 3.63) is 102 Å². The molecule has 0 radical (unpaired) electrons. The van der Waals surface area contributed by atoms with E-state index in [0.29, 0.717) is 16.8 Å². The Morgan fingerprint density at radius 3 is 2.46 bits per heavy atom. The second-order valence-electron chi connectivity index (χ2n) is 6.15. The molecule has 0 bridgehead atoms. The van der Waals surface area contributed by atoms with E-state index in [0.717, 1.165) is 22.5 Å². The molecule has 4 rings (SSSR count). The summed E-state index contributed by atoms with van der Waals surface area (Å²) in [5, 5.41) is 18.7. The van der Waals surface area contributed by atoms with Crippen molar-refractivity contribution >= 4 is 5.91 Å². The van der Waals surface area contributed by atoms with Crippen molar-refractivity contribution in [3.63, 3.8) is 0 Å². The number of carbonyl (C=O) groups is 1. The van der Waals surface area contributed by atoms with Gasteiger partial charge in [0.25, 0.3) is 5.91 Å². The smallest absolute Gasteiger partial charge is 0.252 e. The highest BCUT2D eigenvalue weighted by Crippen LogP contribution is 2.23. The van der Waals surface area contributed by atoms with Crippen LogP contribution in [0.3, 0.4) is 0 Å². The van der Waals surface area contributed by atoms with Crippen LogP contribution in [0, 0.1) is 5.21 Å². The van der Waals surface area contributed by atoms with Gasteiger partial charge in [0, 0.05) is 48.4 Å². The molecule has 1 amide bonds. The Kier molecular flexibility index (Phi) is 4.79. The van der Waals surface area contributed by atoms with Crippen LogP contribution < -0.4 is 10.0 Å². The molecule has 0 unspecified atom stereocenters. The molecule has 0 saturated carbocycles. The van der Waals surface area contributed by atoms with Gasteiger partial charge in [0.15, 0.2) is 12.4 Å². The molecule has 138 valence electrons. The number of nitrogens with one attached hydrogen (secondary N) is 1. The Hall–Kier alpha value is -4.00. The zero-order chi connectivity index (χ0) is 19.3. The third-order valence-corrected chi connectivity index (χ3v) is 4.27. The van der Waals surface area contributed by atoms with Crippen LogP contribution in [0.25, 0.3) is 16.9 Å². The number of aromatic nitrogens is 4. The summed E-state index contributed by atoms with van der Waals surface area (Å²) in [5.74, 6) is -0.256. The minimum atomic E-state index is -0.256. The monoisotopic (exact) mass is 371 g/mol. The lowest BCUT2D eigenvalue weighted by molar-refractivity contribution is -0.605. The lowest BCUT2D eigenvalue weighted by atomic mass is 10.1. The van der Waals surface area contributed by atoms with Crippen molar-refractivity contribution in [1.82, 2.24) is 20.1 Å². The molecule has 1 aromatic carbocycles. The van der Waals surface area contributed by atoms with Gasteiger partial charge < -0.3 is 10.5 Å². The first-order valence-corrected chi connectivity index (χ1v) is 8.72. The molecule has 0 aliphatic heterocycles. The molecule has 0 aliphatic carbocycles. The summed E-state index contributed by atoms with van der Waals surface area (Å²) in [6, 6.07) is 16.5. The number of hydrogen-bond donors (Lipinski definition) is 1. The molecule has 0 saturated heterocycles. The Morgan fingerprint density at radius 1 is 1.04 bits per heavy atom. The molecule has 0 spiro atoms. The van der Waals surface area contributed by atoms with Crippen molar-refractivity contribution < 1.29 is 9.52 Å². The lowest BCUT2D eigenvalue weighted by Gasteiger charge is -2.05. The second-order valence-corrected chi connectivity index (χ2v) is 6.15. The maximum absolute atomic E-state index is 12.4. The van der Waals surface area contributed by atoms with Crippen LogP contribution in [0.5, 0.6) is 0 Å². The zero-order valence-electron chi connectivity index (χ0n) is 14.9. The van der Waals surface area contributed by atoms with Crippen LogP contribution in [-0.2, 0) is 6.54 Å². The fraction of sp³-hybridized carbons (Fsp3) is 0.0476. The third kappa shape index (κ3) is 3.73. The second kappa shape index (κ2) is 7.71. The summed E-state index contributed by atoms with van der Waals surface area (Å²) < 4.78 is 2.43. The van der Waals surface area contributed by atoms with E-state index in [1.807, 2.05) is 48.7 Å². The Balaban J connectivity index is 1.62. The minimum absolute atomic E-state index is 0.256. The van der Waals surface area contributed by atoms with Crippen LogP contribution in [0.2, 0.25) is 0 Å². The van der Waals surface area contributed by atoms with Crippen LogP contribution in [0.15, 0.2) is 85.6 Å². The summed E-state index contributed by atoms with van der Waals surface area (Å²) in [6.07, 6.45) is 7.92. The summed E-state index contributed by atoms with van der Waals surface area (Å²) >= 11 is 0. The predicted molar refractivity (Wildman–Crippen MR) is 103 cm³/mol. The van der Waals surface area contributed by atoms with E-state index in [2.05, 4.69) is 10.3 Å². The average Bonchev–Trinajstić information content (AvgIpc) is 3.18. The standard InChI is InChI=1S/C21H17N5O2/c27-21(17-8-12-25(28)13-9-17)23-14-18-15-26(19-4-2-1-3-5-19)24-20(18)16-6-10-22-11-7-16/h1-13,15H,14H2,(H,23,27). The normalized spacial score (nSPS) is 10.6. The van der Waals surface area contributed by atoms with Crippen molar-refractivity contribution in [2.75, 3.05) is 0 Å². The molecule has 3 heterocycles. The molecule has 0 fully saturated rings. The van der Waals surface area contributed by atoms with Crippen LogP contribution in [-0.4, -0.2) is 20.7 Å². The maximum Gasteiger partial charge on any atom is 0.252 e. The van der Waals surface area contributed by atoms with E-state index in [1.54, 1.807) is 17.1 Å². The molecule has 28 heavy (non-hydrogen) atoms. The van der Waals surface area contributed by atoms with Crippen molar-refractivity contribution in [3.8, 4) is 16.9 Å². The summed E-state index contributed by atoms with van der Waals surface area (Å²) in [5.41, 5.74) is 3.92. The van der Waals surface area contributed by atoms with Crippen LogP contribution in [0.4, 0.5) is 0 Å².